The summed E-state index contributed by atoms with van der Waals surface area (Å²) >= 11 is 0. The molecule has 4 heteroatoms. The quantitative estimate of drug-likeness (QED) is 0.702. The normalized spacial score (nSPS) is 10.3. The summed E-state index contributed by atoms with van der Waals surface area (Å²) in [6.07, 6.45) is 0.726. The summed E-state index contributed by atoms with van der Waals surface area (Å²) in [4.78, 5) is 10.7. The van der Waals surface area contributed by atoms with Gasteiger partial charge in [-0.15, -0.1) is 0 Å². The molecule has 0 aliphatic rings. The number of hydrogen-bond donors (Lipinski definition) is 0. The lowest BCUT2D eigenvalue weighted by Crippen LogP contribution is -2.01. The molecule has 0 bridgehead atoms. The van der Waals surface area contributed by atoms with Gasteiger partial charge in [-0.1, -0.05) is 0 Å². The fraction of sp³-hybridized carbons (Fsp3) is 0.0909. The van der Waals surface area contributed by atoms with Gasteiger partial charge in [0.05, 0.1) is 11.4 Å². The average Bonchev–Trinajstić information content (AvgIpc) is 2.61. The molecule has 0 unspecified atom stereocenters. The second kappa shape index (κ2) is 3.65. The van der Waals surface area contributed by atoms with Crippen molar-refractivity contribution in [2.75, 3.05) is 0 Å². The first-order valence-corrected chi connectivity index (χ1v) is 4.48. The van der Waals surface area contributed by atoms with E-state index in [-0.39, 0.29) is 5.82 Å². The minimum absolute atomic E-state index is 0.310. The summed E-state index contributed by atoms with van der Waals surface area (Å²) in [7, 11) is 0. The van der Waals surface area contributed by atoms with Crippen molar-refractivity contribution < 1.29 is 9.18 Å². The monoisotopic (exact) mass is 204 g/mol. The zero-order chi connectivity index (χ0) is 10.8. The molecule has 0 fully saturated rings. The number of nitrogens with zero attached hydrogens (tertiary/aromatic N) is 2. The number of halogens is 1. The molecule has 1 heterocycles. The van der Waals surface area contributed by atoms with Crippen molar-refractivity contribution >= 4 is 6.29 Å². The van der Waals surface area contributed by atoms with Gasteiger partial charge in [-0.05, 0) is 37.3 Å². The second-order valence-corrected chi connectivity index (χ2v) is 3.22. The van der Waals surface area contributed by atoms with Gasteiger partial charge >= 0.3 is 0 Å². The number of carbonyl (C=O) groups excluding carboxylic acids is 1. The molecular weight excluding hydrogens is 195 g/mol. The maximum Gasteiger partial charge on any atom is 0.168 e. The number of benzene rings is 1. The summed E-state index contributed by atoms with van der Waals surface area (Å²) in [5, 5.41) is 4.14. The minimum Gasteiger partial charge on any atom is -0.296 e. The molecule has 0 saturated carbocycles. The summed E-state index contributed by atoms with van der Waals surface area (Å²) in [6.45, 7) is 1.80. The molecule has 0 atom stereocenters. The Bertz CT molecular complexity index is 488. The van der Waals surface area contributed by atoms with Crippen molar-refractivity contribution in [2.45, 2.75) is 6.92 Å². The van der Waals surface area contributed by atoms with E-state index in [4.69, 9.17) is 0 Å². The van der Waals surface area contributed by atoms with Crippen LogP contribution in [0.2, 0.25) is 0 Å². The van der Waals surface area contributed by atoms with E-state index in [0.29, 0.717) is 11.4 Å². The first kappa shape index (κ1) is 9.58. The highest BCUT2D eigenvalue weighted by Gasteiger charge is 2.06. The van der Waals surface area contributed by atoms with Crippen molar-refractivity contribution in [1.29, 1.82) is 0 Å². The van der Waals surface area contributed by atoms with Crippen LogP contribution in [0.15, 0.2) is 30.3 Å². The smallest absolute Gasteiger partial charge is 0.168 e. The Labute approximate surface area is 86.2 Å². The van der Waals surface area contributed by atoms with E-state index < -0.39 is 0 Å². The van der Waals surface area contributed by atoms with Gasteiger partial charge in [-0.25, -0.2) is 9.07 Å². The van der Waals surface area contributed by atoms with Crippen LogP contribution in [0.3, 0.4) is 0 Å². The zero-order valence-electron chi connectivity index (χ0n) is 8.14. The van der Waals surface area contributed by atoms with Gasteiger partial charge in [0.25, 0.3) is 0 Å². The van der Waals surface area contributed by atoms with Crippen molar-refractivity contribution in [1.82, 2.24) is 9.78 Å². The van der Waals surface area contributed by atoms with Gasteiger partial charge in [-0.2, -0.15) is 5.10 Å². The number of rotatable bonds is 2. The van der Waals surface area contributed by atoms with E-state index in [1.54, 1.807) is 25.1 Å². The van der Waals surface area contributed by atoms with E-state index in [9.17, 15) is 9.18 Å². The Kier molecular flexibility index (Phi) is 2.33. The number of aromatic nitrogens is 2. The topological polar surface area (TPSA) is 34.9 Å². The Morgan fingerprint density at radius 1 is 1.33 bits per heavy atom. The molecule has 2 aromatic rings. The highest BCUT2D eigenvalue weighted by atomic mass is 19.1. The van der Waals surface area contributed by atoms with Crippen LogP contribution in [0.25, 0.3) is 5.69 Å². The summed E-state index contributed by atoms with van der Waals surface area (Å²) < 4.78 is 14.2. The molecule has 0 aliphatic heterocycles. The first-order valence-electron chi connectivity index (χ1n) is 4.48. The number of aldehydes is 1. The molecular formula is C11H9FN2O. The predicted molar refractivity (Wildman–Crippen MR) is 53.6 cm³/mol. The molecule has 0 N–H and O–H groups in total. The summed E-state index contributed by atoms with van der Waals surface area (Å²) in [5.74, 6) is -0.310. The lowest BCUT2D eigenvalue weighted by molar-refractivity contribution is 0.111. The van der Waals surface area contributed by atoms with Crippen LogP contribution in [0.5, 0.6) is 0 Å². The lowest BCUT2D eigenvalue weighted by atomic mass is 10.3. The van der Waals surface area contributed by atoms with Crippen LogP contribution in [0.4, 0.5) is 4.39 Å². The number of carbonyl (C=O) groups is 1. The van der Waals surface area contributed by atoms with Gasteiger partial charge in [-0.3, -0.25) is 4.79 Å². The third-order valence-electron chi connectivity index (χ3n) is 2.05. The molecule has 0 aliphatic carbocycles. The standard InChI is InChI=1S/C11H9FN2O/c1-8-6-11(7-15)14(13-8)10-4-2-9(12)3-5-10/h2-7H,1H3. The number of aryl methyl sites for hydroxylation is 1. The van der Waals surface area contributed by atoms with Crippen LogP contribution >= 0.6 is 0 Å². The third-order valence-corrected chi connectivity index (χ3v) is 2.05. The van der Waals surface area contributed by atoms with Gasteiger partial charge in [0, 0.05) is 0 Å². The lowest BCUT2D eigenvalue weighted by Gasteiger charge is -2.02. The van der Waals surface area contributed by atoms with E-state index >= 15 is 0 Å². The van der Waals surface area contributed by atoms with Gasteiger partial charge in [0.1, 0.15) is 11.5 Å². The van der Waals surface area contributed by atoms with Crippen LogP contribution < -0.4 is 0 Å². The molecule has 0 saturated heterocycles. The molecule has 0 amide bonds. The highest BCUT2D eigenvalue weighted by molar-refractivity contribution is 5.73. The maximum absolute atomic E-state index is 12.7. The van der Waals surface area contributed by atoms with Gasteiger partial charge in [0.2, 0.25) is 0 Å². The third kappa shape index (κ3) is 1.79. The van der Waals surface area contributed by atoms with E-state index in [1.165, 1.54) is 16.8 Å². The Balaban J connectivity index is 2.52. The predicted octanol–water partition coefficient (Wildman–Crippen LogP) is 2.13. The molecule has 1 aromatic heterocycles. The van der Waals surface area contributed by atoms with Crippen LogP contribution in [-0.4, -0.2) is 16.1 Å². The minimum atomic E-state index is -0.310. The number of hydrogen-bond acceptors (Lipinski definition) is 2. The first-order chi connectivity index (χ1) is 7.20. The van der Waals surface area contributed by atoms with Crippen molar-refractivity contribution in [3.63, 3.8) is 0 Å². The average molecular weight is 204 g/mol. The Hall–Kier alpha value is -1.97. The van der Waals surface area contributed by atoms with Crippen molar-refractivity contribution in [2.24, 2.45) is 0 Å². The van der Waals surface area contributed by atoms with Crippen molar-refractivity contribution in [3.05, 3.63) is 47.5 Å². The van der Waals surface area contributed by atoms with E-state index in [2.05, 4.69) is 5.10 Å². The van der Waals surface area contributed by atoms with Crippen LogP contribution in [0.1, 0.15) is 16.2 Å². The Morgan fingerprint density at radius 2 is 2.00 bits per heavy atom. The molecule has 3 nitrogen and oxygen atoms in total. The zero-order valence-corrected chi connectivity index (χ0v) is 8.14. The second-order valence-electron chi connectivity index (χ2n) is 3.22. The van der Waals surface area contributed by atoms with Crippen LogP contribution in [0, 0.1) is 12.7 Å². The fourth-order valence-electron chi connectivity index (χ4n) is 1.39. The molecule has 15 heavy (non-hydrogen) atoms. The molecule has 76 valence electrons. The SMILES string of the molecule is Cc1cc(C=O)n(-c2ccc(F)cc2)n1. The molecule has 0 spiro atoms. The Morgan fingerprint density at radius 3 is 2.60 bits per heavy atom. The maximum atomic E-state index is 12.7. The fourth-order valence-corrected chi connectivity index (χ4v) is 1.39. The van der Waals surface area contributed by atoms with Crippen LogP contribution in [-0.2, 0) is 0 Å². The van der Waals surface area contributed by atoms with Gasteiger partial charge in [0.15, 0.2) is 6.29 Å². The molecule has 0 radical (unpaired) electrons. The largest absolute Gasteiger partial charge is 0.296 e. The van der Waals surface area contributed by atoms with Gasteiger partial charge < -0.3 is 0 Å². The summed E-state index contributed by atoms with van der Waals surface area (Å²) in [5.41, 5.74) is 1.88. The van der Waals surface area contributed by atoms with E-state index in [0.717, 1.165) is 12.0 Å². The van der Waals surface area contributed by atoms with E-state index in [1.807, 2.05) is 0 Å². The summed E-state index contributed by atoms with van der Waals surface area (Å²) in [6, 6.07) is 7.50. The van der Waals surface area contributed by atoms with Crippen molar-refractivity contribution in [3.8, 4) is 5.69 Å². The molecule has 2 rings (SSSR count). The highest BCUT2D eigenvalue weighted by Crippen LogP contribution is 2.11. The molecule has 1 aromatic carbocycles.